The van der Waals surface area contributed by atoms with E-state index in [0.717, 1.165) is 80.2 Å². The zero-order valence-electron chi connectivity index (χ0n) is 22.1. The molecule has 2 aromatic heterocycles. The number of nitrogens with zero attached hydrogens (tertiary/aromatic N) is 5. The SMILES string of the molecule is Cc1ccccc1-n1nc(-c2c(-c3ccc(F)cc3)nn3c2NCC2(CCN(CCCO)CC2)C3)ccc1=O. The van der Waals surface area contributed by atoms with Crippen LogP contribution in [0.4, 0.5) is 10.2 Å². The Morgan fingerprint density at radius 2 is 1.79 bits per heavy atom. The van der Waals surface area contributed by atoms with Gasteiger partial charge in [-0.15, -0.1) is 0 Å². The first-order chi connectivity index (χ1) is 19.0. The first-order valence-electron chi connectivity index (χ1n) is 13.6. The lowest BCUT2D eigenvalue weighted by Gasteiger charge is -2.44. The Morgan fingerprint density at radius 3 is 2.54 bits per heavy atom. The van der Waals surface area contributed by atoms with Gasteiger partial charge in [0.1, 0.15) is 17.3 Å². The molecule has 0 saturated carbocycles. The van der Waals surface area contributed by atoms with Crippen LogP contribution in [0.3, 0.4) is 0 Å². The number of piperidine rings is 1. The average molecular weight is 529 g/mol. The van der Waals surface area contributed by atoms with E-state index in [2.05, 4.69) is 10.2 Å². The molecule has 2 aliphatic heterocycles. The number of rotatable bonds is 6. The van der Waals surface area contributed by atoms with E-state index in [9.17, 15) is 14.3 Å². The number of anilines is 1. The molecular formula is C30H33FN6O2. The van der Waals surface area contributed by atoms with Crippen molar-refractivity contribution in [1.82, 2.24) is 24.5 Å². The summed E-state index contributed by atoms with van der Waals surface area (Å²) in [4.78, 5) is 15.3. The van der Waals surface area contributed by atoms with Crippen LogP contribution >= 0.6 is 0 Å². The molecular weight excluding hydrogens is 495 g/mol. The molecule has 2 aliphatic rings. The quantitative estimate of drug-likeness (QED) is 0.392. The second kappa shape index (κ2) is 10.4. The average Bonchev–Trinajstić information content (AvgIpc) is 3.32. The summed E-state index contributed by atoms with van der Waals surface area (Å²) in [7, 11) is 0. The molecule has 0 amide bonds. The van der Waals surface area contributed by atoms with E-state index in [1.807, 2.05) is 35.9 Å². The van der Waals surface area contributed by atoms with Gasteiger partial charge in [0.25, 0.3) is 5.56 Å². The Morgan fingerprint density at radius 1 is 1.03 bits per heavy atom. The van der Waals surface area contributed by atoms with Gasteiger partial charge in [-0.3, -0.25) is 4.79 Å². The number of aliphatic hydroxyl groups is 1. The van der Waals surface area contributed by atoms with Gasteiger partial charge < -0.3 is 15.3 Å². The van der Waals surface area contributed by atoms with Crippen LogP contribution in [0.25, 0.3) is 28.2 Å². The normalized spacial score (nSPS) is 16.7. The lowest BCUT2D eigenvalue weighted by Crippen LogP contribution is -2.48. The smallest absolute Gasteiger partial charge is 0.271 e. The second-order valence-corrected chi connectivity index (χ2v) is 10.8. The van der Waals surface area contributed by atoms with Crippen LogP contribution in [-0.4, -0.2) is 62.4 Å². The van der Waals surface area contributed by atoms with Crippen LogP contribution in [0.5, 0.6) is 0 Å². The fourth-order valence-corrected chi connectivity index (χ4v) is 5.85. The van der Waals surface area contributed by atoms with Crippen molar-refractivity contribution in [3.8, 4) is 28.2 Å². The molecule has 9 heteroatoms. The molecule has 0 atom stereocenters. The minimum Gasteiger partial charge on any atom is -0.396 e. The summed E-state index contributed by atoms with van der Waals surface area (Å²) in [5.74, 6) is 0.561. The zero-order chi connectivity index (χ0) is 27.0. The molecule has 2 N–H and O–H groups in total. The van der Waals surface area contributed by atoms with E-state index < -0.39 is 0 Å². The summed E-state index contributed by atoms with van der Waals surface area (Å²) in [5, 5.41) is 22.7. The van der Waals surface area contributed by atoms with Gasteiger partial charge >= 0.3 is 0 Å². The predicted octanol–water partition coefficient (Wildman–Crippen LogP) is 4.10. The monoisotopic (exact) mass is 528 g/mol. The molecule has 39 heavy (non-hydrogen) atoms. The number of halogens is 1. The van der Waals surface area contributed by atoms with E-state index in [0.29, 0.717) is 11.4 Å². The Hall–Kier alpha value is -3.82. The maximum Gasteiger partial charge on any atom is 0.271 e. The number of hydrogen-bond acceptors (Lipinski definition) is 6. The molecule has 4 heterocycles. The maximum absolute atomic E-state index is 13.8. The molecule has 8 nitrogen and oxygen atoms in total. The number of aromatic nitrogens is 4. The van der Waals surface area contributed by atoms with Crippen molar-refractivity contribution in [2.75, 3.05) is 38.1 Å². The highest BCUT2D eigenvalue weighted by Gasteiger charge is 2.40. The maximum atomic E-state index is 13.8. The van der Waals surface area contributed by atoms with Gasteiger partial charge in [-0.2, -0.15) is 14.9 Å². The number of benzene rings is 2. The van der Waals surface area contributed by atoms with Crippen molar-refractivity contribution in [3.63, 3.8) is 0 Å². The van der Waals surface area contributed by atoms with Gasteiger partial charge in [0.05, 0.1) is 23.5 Å². The standard InChI is InChI=1S/C30H33FN6O2/c1-21-5-2-3-6-25(21)37-26(39)12-11-24(33-37)27-28(22-7-9-23(31)10-8-22)34-36-20-30(19-32-29(27)36)13-16-35(17-14-30)15-4-18-38/h2-3,5-12,32,38H,4,13-20H2,1H3. The van der Waals surface area contributed by atoms with Crippen LogP contribution in [0.2, 0.25) is 0 Å². The molecule has 6 rings (SSSR count). The summed E-state index contributed by atoms with van der Waals surface area (Å²) in [6.07, 6.45) is 2.89. The topological polar surface area (TPSA) is 88.2 Å². The number of aliphatic hydroxyl groups excluding tert-OH is 1. The number of para-hydroxylation sites is 1. The minimum atomic E-state index is -0.305. The Labute approximate surface area is 226 Å². The van der Waals surface area contributed by atoms with E-state index in [4.69, 9.17) is 10.2 Å². The molecule has 0 radical (unpaired) electrons. The fourth-order valence-electron chi connectivity index (χ4n) is 5.85. The van der Waals surface area contributed by atoms with Crippen molar-refractivity contribution in [3.05, 3.63) is 82.4 Å². The van der Waals surface area contributed by atoms with Crippen molar-refractivity contribution in [1.29, 1.82) is 0 Å². The molecule has 0 unspecified atom stereocenters. The van der Waals surface area contributed by atoms with Crippen molar-refractivity contribution >= 4 is 5.82 Å². The molecule has 4 aromatic rings. The summed E-state index contributed by atoms with van der Waals surface area (Å²) in [6.45, 7) is 6.69. The number of likely N-dealkylation sites (tertiary alicyclic amines) is 1. The van der Waals surface area contributed by atoms with Gasteiger partial charge in [-0.1, -0.05) is 18.2 Å². The summed E-state index contributed by atoms with van der Waals surface area (Å²) in [5.41, 5.74) is 4.48. The van der Waals surface area contributed by atoms with E-state index >= 15 is 0 Å². The van der Waals surface area contributed by atoms with Crippen molar-refractivity contribution < 1.29 is 9.50 Å². The summed E-state index contributed by atoms with van der Waals surface area (Å²) < 4.78 is 17.3. The Kier molecular flexibility index (Phi) is 6.78. The van der Waals surface area contributed by atoms with Crippen LogP contribution in [0.1, 0.15) is 24.8 Å². The molecule has 0 aliphatic carbocycles. The summed E-state index contributed by atoms with van der Waals surface area (Å²) >= 11 is 0. The van der Waals surface area contributed by atoms with E-state index in [-0.39, 0.29) is 23.4 Å². The molecule has 2 aromatic carbocycles. The Balaban J connectivity index is 1.41. The van der Waals surface area contributed by atoms with Gasteiger partial charge in [0.15, 0.2) is 0 Å². The third kappa shape index (κ3) is 4.88. The Bertz CT molecular complexity index is 1540. The van der Waals surface area contributed by atoms with Gasteiger partial charge in [-0.05, 0) is 81.2 Å². The van der Waals surface area contributed by atoms with Crippen LogP contribution < -0.4 is 10.9 Å². The van der Waals surface area contributed by atoms with Gasteiger partial charge in [-0.25, -0.2) is 9.07 Å². The van der Waals surface area contributed by atoms with Crippen LogP contribution in [0.15, 0.2) is 65.5 Å². The highest BCUT2D eigenvalue weighted by molar-refractivity contribution is 5.87. The molecule has 0 bridgehead atoms. The van der Waals surface area contributed by atoms with Gasteiger partial charge in [0.2, 0.25) is 0 Å². The largest absolute Gasteiger partial charge is 0.396 e. The van der Waals surface area contributed by atoms with Crippen LogP contribution in [-0.2, 0) is 6.54 Å². The number of aryl methyl sites for hydroxylation is 1. The fraction of sp³-hybridized carbons (Fsp3) is 0.367. The highest BCUT2D eigenvalue weighted by atomic mass is 19.1. The molecule has 202 valence electrons. The minimum absolute atomic E-state index is 0.0828. The second-order valence-electron chi connectivity index (χ2n) is 10.8. The molecule has 1 spiro atoms. The number of fused-ring (bicyclic) bond motifs is 1. The summed E-state index contributed by atoms with van der Waals surface area (Å²) in [6, 6.07) is 17.3. The van der Waals surface area contributed by atoms with E-state index in [1.54, 1.807) is 24.3 Å². The van der Waals surface area contributed by atoms with Crippen LogP contribution in [0, 0.1) is 18.2 Å². The zero-order valence-corrected chi connectivity index (χ0v) is 22.1. The lowest BCUT2D eigenvalue weighted by molar-refractivity contribution is 0.0843. The predicted molar refractivity (Wildman–Crippen MR) is 149 cm³/mol. The lowest BCUT2D eigenvalue weighted by atomic mass is 9.77. The van der Waals surface area contributed by atoms with Crippen molar-refractivity contribution in [2.24, 2.45) is 5.41 Å². The molecule has 1 fully saturated rings. The highest BCUT2D eigenvalue weighted by Crippen LogP contribution is 2.43. The first-order valence-corrected chi connectivity index (χ1v) is 13.6. The van der Waals surface area contributed by atoms with E-state index in [1.165, 1.54) is 16.8 Å². The van der Waals surface area contributed by atoms with Crippen molar-refractivity contribution in [2.45, 2.75) is 32.7 Å². The number of hydrogen-bond donors (Lipinski definition) is 2. The third-order valence-corrected chi connectivity index (χ3v) is 8.14. The first kappa shape index (κ1) is 25.5. The third-order valence-electron chi connectivity index (χ3n) is 8.14. The van der Waals surface area contributed by atoms with Gasteiger partial charge in [0, 0.05) is 36.7 Å². The number of nitrogens with one attached hydrogen (secondary N) is 1. The molecule has 1 saturated heterocycles.